The average Bonchev–Trinajstić information content (AvgIpc) is 3.25. The Kier molecular flexibility index (Phi) is 8.14. The molecule has 1 N–H and O–H groups in total. The van der Waals surface area contributed by atoms with Gasteiger partial charge in [0.05, 0.1) is 0 Å². The lowest BCUT2D eigenvalue weighted by Gasteiger charge is -2.24. The summed E-state index contributed by atoms with van der Waals surface area (Å²) in [6, 6.07) is 16.7. The molecule has 1 aliphatic rings. The predicted octanol–water partition coefficient (Wildman–Crippen LogP) is 5.19. The van der Waals surface area contributed by atoms with Gasteiger partial charge >= 0.3 is 12.1 Å². The second-order valence-electron chi connectivity index (χ2n) is 9.16. The lowest BCUT2D eigenvalue weighted by Crippen LogP contribution is -2.46. The molecule has 1 saturated carbocycles. The molecule has 6 heteroatoms. The molecule has 1 aliphatic carbocycles. The Labute approximate surface area is 190 Å². The van der Waals surface area contributed by atoms with Crippen LogP contribution in [0.3, 0.4) is 0 Å². The normalized spacial score (nSPS) is 15.1. The fourth-order valence-corrected chi connectivity index (χ4v) is 3.59. The number of ether oxygens (including phenoxy) is 3. The molecule has 0 aromatic heterocycles. The fourth-order valence-electron chi connectivity index (χ4n) is 3.59. The predicted molar refractivity (Wildman–Crippen MR) is 122 cm³/mol. The van der Waals surface area contributed by atoms with E-state index in [9.17, 15) is 9.59 Å². The van der Waals surface area contributed by atoms with Gasteiger partial charge in [-0.1, -0.05) is 42.5 Å². The van der Waals surface area contributed by atoms with Gasteiger partial charge < -0.3 is 19.5 Å². The summed E-state index contributed by atoms with van der Waals surface area (Å²) in [5, 5.41) is 2.69. The van der Waals surface area contributed by atoms with E-state index in [0.29, 0.717) is 13.0 Å². The minimum atomic E-state index is -0.818. The van der Waals surface area contributed by atoms with Crippen LogP contribution in [-0.2, 0) is 27.3 Å². The van der Waals surface area contributed by atoms with Crippen LogP contribution >= 0.6 is 0 Å². The molecular weight excluding hydrogens is 406 g/mol. The van der Waals surface area contributed by atoms with E-state index in [4.69, 9.17) is 14.2 Å². The number of nitrogens with one attached hydrogen (secondary N) is 1. The minimum Gasteiger partial charge on any atom is -0.489 e. The first kappa shape index (κ1) is 23.6. The number of esters is 1. The van der Waals surface area contributed by atoms with Crippen molar-refractivity contribution >= 4 is 12.1 Å². The van der Waals surface area contributed by atoms with Crippen LogP contribution in [0.4, 0.5) is 4.79 Å². The quantitative estimate of drug-likeness (QED) is 0.573. The van der Waals surface area contributed by atoms with Crippen molar-refractivity contribution in [3.8, 4) is 5.75 Å². The third-order valence-corrected chi connectivity index (χ3v) is 5.17. The Morgan fingerprint density at radius 3 is 2.25 bits per heavy atom. The van der Waals surface area contributed by atoms with Gasteiger partial charge in [-0.05, 0) is 69.7 Å². The Balaban J connectivity index is 1.61. The summed E-state index contributed by atoms with van der Waals surface area (Å²) in [5.74, 6) is 0.315. The van der Waals surface area contributed by atoms with E-state index in [1.807, 2.05) is 54.6 Å². The van der Waals surface area contributed by atoms with E-state index < -0.39 is 23.7 Å². The van der Waals surface area contributed by atoms with Crippen LogP contribution in [0.15, 0.2) is 54.6 Å². The van der Waals surface area contributed by atoms with Crippen molar-refractivity contribution in [3.05, 3.63) is 65.7 Å². The first-order chi connectivity index (χ1) is 15.3. The van der Waals surface area contributed by atoms with E-state index in [1.165, 1.54) is 0 Å². The van der Waals surface area contributed by atoms with Gasteiger partial charge in [0, 0.05) is 6.42 Å². The second kappa shape index (κ2) is 11.0. The number of rotatable bonds is 8. The molecule has 0 spiro atoms. The van der Waals surface area contributed by atoms with E-state index in [0.717, 1.165) is 42.6 Å². The van der Waals surface area contributed by atoms with Crippen LogP contribution in [0.2, 0.25) is 0 Å². The van der Waals surface area contributed by atoms with Crippen LogP contribution in [0.5, 0.6) is 5.75 Å². The van der Waals surface area contributed by atoms with Crippen LogP contribution in [0.25, 0.3) is 0 Å². The van der Waals surface area contributed by atoms with Crippen molar-refractivity contribution in [2.75, 3.05) is 0 Å². The zero-order chi connectivity index (χ0) is 23.0. The monoisotopic (exact) mass is 439 g/mol. The first-order valence-corrected chi connectivity index (χ1v) is 11.2. The Hall–Kier alpha value is -3.02. The van der Waals surface area contributed by atoms with Gasteiger partial charge in [0.2, 0.25) is 0 Å². The summed E-state index contributed by atoms with van der Waals surface area (Å²) >= 11 is 0. The van der Waals surface area contributed by atoms with Crippen LogP contribution < -0.4 is 10.1 Å². The molecule has 1 amide bonds. The maximum atomic E-state index is 12.8. The maximum Gasteiger partial charge on any atom is 0.408 e. The number of alkyl carbamates (subject to hydrolysis) is 1. The molecule has 0 unspecified atom stereocenters. The number of hydrogen-bond acceptors (Lipinski definition) is 5. The van der Waals surface area contributed by atoms with Crippen molar-refractivity contribution in [1.82, 2.24) is 5.32 Å². The zero-order valence-corrected chi connectivity index (χ0v) is 19.1. The van der Waals surface area contributed by atoms with Gasteiger partial charge in [0.1, 0.15) is 30.1 Å². The van der Waals surface area contributed by atoms with Gasteiger partial charge in [-0.15, -0.1) is 0 Å². The fraction of sp³-hybridized carbons (Fsp3) is 0.462. The molecule has 1 fully saturated rings. The summed E-state index contributed by atoms with van der Waals surface area (Å²) in [5.41, 5.74) is 1.33. The minimum absolute atomic E-state index is 0.0702. The van der Waals surface area contributed by atoms with E-state index in [2.05, 4.69) is 5.32 Å². The molecule has 6 nitrogen and oxygen atoms in total. The Morgan fingerprint density at radius 1 is 0.969 bits per heavy atom. The third-order valence-electron chi connectivity index (χ3n) is 5.17. The Morgan fingerprint density at radius 2 is 1.62 bits per heavy atom. The molecule has 2 aromatic carbocycles. The average molecular weight is 440 g/mol. The van der Waals surface area contributed by atoms with Crippen LogP contribution in [0.1, 0.15) is 57.6 Å². The number of amides is 1. The molecule has 2 aromatic rings. The molecule has 172 valence electrons. The summed E-state index contributed by atoms with van der Waals surface area (Å²) in [6.45, 7) is 5.84. The number of carbonyl (C=O) groups is 2. The molecule has 0 aliphatic heterocycles. The van der Waals surface area contributed by atoms with Gasteiger partial charge in [-0.3, -0.25) is 0 Å². The highest BCUT2D eigenvalue weighted by atomic mass is 16.6. The molecular formula is C26H33NO5. The van der Waals surface area contributed by atoms with Crippen molar-refractivity contribution in [1.29, 1.82) is 0 Å². The lowest BCUT2D eigenvalue weighted by molar-refractivity contribution is -0.151. The maximum absolute atomic E-state index is 12.8. The van der Waals surface area contributed by atoms with Gasteiger partial charge in [-0.25, -0.2) is 9.59 Å². The van der Waals surface area contributed by atoms with Crippen molar-refractivity contribution < 1.29 is 23.8 Å². The van der Waals surface area contributed by atoms with Gasteiger partial charge in [-0.2, -0.15) is 0 Å². The summed E-state index contributed by atoms with van der Waals surface area (Å²) < 4.78 is 16.8. The molecule has 0 bridgehead atoms. The number of hydrogen-bond donors (Lipinski definition) is 1. The van der Waals surface area contributed by atoms with Crippen LogP contribution in [0, 0.1) is 0 Å². The van der Waals surface area contributed by atoms with E-state index >= 15 is 0 Å². The highest BCUT2D eigenvalue weighted by molar-refractivity contribution is 5.82. The van der Waals surface area contributed by atoms with E-state index in [-0.39, 0.29) is 6.10 Å². The summed E-state index contributed by atoms with van der Waals surface area (Å²) in [6.07, 6.45) is 3.48. The summed E-state index contributed by atoms with van der Waals surface area (Å²) in [7, 11) is 0. The number of benzene rings is 2. The zero-order valence-electron chi connectivity index (χ0n) is 19.1. The topological polar surface area (TPSA) is 73.9 Å². The SMILES string of the molecule is CC(C)(C)OC(=O)N[C@@H](Cc1ccc(OCc2ccccc2)cc1)C(=O)OC1CCCC1. The third kappa shape index (κ3) is 7.91. The molecule has 0 radical (unpaired) electrons. The molecule has 1 atom stereocenters. The van der Waals surface area contributed by atoms with Crippen molar-refractivity contribution in [3.63, 3.8) is 0 Å². The highest BCUT2D eigenvalue weighted by Crippen LogP contribution is 2.22. The molecule has 3 rings (SSSR count). The van der Waals surface area contributed by atoms with Crippen LogP contribution in [-0.4, -0.2) is 29.8 Å². The molecule has 0 heterocycles. The number of carbonyl (C=O) groups excluding carboxylic acids is 2. The van der Waals surface area contributed by atoms with Crippen molar-refractivity contribution in [2.24, 2.45) is 0 Å². The first-order valence-electron chi connectivity index (χ1n) is 11.2. The van der Waals surface area contributed by atoms with Gasteiger partial charge in [0.15, 0.2) is 0 Å². The highest BCUT2D eigenvalue weighted by Gasteiger charge is 2.29. The smallest absolute Gasteiger partial charge is 0.408 e. The molecule has 0 saturated heterocycles. The Bertz CT molecular complexity index is 867. The summed E-state index contributed by atoms with van der Waals surface area (Å²) in [4.78, 5) is 25.1. The van der Waals surface area contributed by atoms with Gasteiger partial charge in [0.25, 0.3) is 0 Å². The van der Waals surface area contributed by atoms with Crippen molar-refractivity contribution in [2.45, 2.75) is 77.2 Å². The molecule has 32 heavy (non-hydrogen) atoms. The largest absolute Gasteiger partial charge is 0.489 e. The van der Waals surface area contributed by atoms with E-state index in [1.54, 1.807) is 20.8 Å². The lowest BCUT2D eigenvalue weighted by atomic mass is 10.1. The second-order valence-corrected chi connectivity index (χ2v) is 9.16. The standard InChI is InChI=1S/C26H33NO5/c1-26(2,3)32-25(29)27-23(24(28)31-22-11-7-8-12-22)17-19-13-15-21(16-14-19)30-18-20-9-5-4-6-10-20/h4-6,9-10,13-16,22-23H,7-8,11-12,17-18H2,1-3H3,(H,27,29)/t23-/m0/s1.